The van der Waals surface area contributed by atoms with Gasteiger partial charge in [-0.15, -0.1) is 6.42 Å². The first-order valence-electron chi connectivity index (χ1n) is 12.5. The molecule has 1 heterocycles. The number of methoxy groups -OCH3 is 1. The van der Waals surface area contributed by atoms with Crippen LogP contribution in [0.15, 0.2) is 65.3 Å². The first-order chi connectivity index (χ1) is 18.3. The number of hydrogen-bond acceptors (Lipinski definition) is 7. The molecule has 0 radical (unpaired) electrons. The van der Waals surface area contributed by atoms with Crippen molar-refractivity contribution >= 4 is 15.9 Å². The van der Waals surface area contributed by atoms with Crippen LogP contribution in [0.4, 0.5) is 0 Å². The Morgan fingerprint density at radius 3 is 2.47 bits per heavy atom. The quantitative estimate of drug-likeness (QED) is 0.397. The van der Waals surface area contributed by atoms with Crippen molar-refractivity contribution in [3.8, 4) is 18.1 Å². The summed E-state index contributed by atoms with van der Waals surface area (Å²) in [6, 6.07) is 13.7. The van der Waals surface area contributed by atoms with E-state index >= 15 is 0 Å². The van der Waals surface area contributed by atoms with Gasteiger partial charge >= 0.3 is 0 Å². The molecule has 2 aromatic carbocycles. The fourth-order valence-electron chi connectivity index (χ4n) is 4.11. The Hall–Kier alpha value is -3.36. The van der Waals surface area contributed by atoms with Crippen molar-refractivity contribution in [2.75, 3.05) is 33.4 Å². The van der Waals surface area contributed by atoms with Crippen LogP contribution in [0.3, 0.4) is 0 Å². The number of nitrogens with one attached hydrogen (secondary N) is 1. The summed E-state index contributed by atoms with van der Waals surface area (Å²) >= 11 is 0. The summed E-state index contributed by atoms with van der Waals surface area (Å²) < 4.78 is 44.4. The average molecular weight is 541 g/mol. The van der Waals surface area contributed by atoms with Crippen LogP contribution < -0.4 is 10.1 Å². The minimum Gasteiger partial charge on any atom is -0.497 e. The average Bonchev–Trinajstić information content (AvgIpc) is 3.76. The van der Waals surface area contributed by atoms with Gasteiger partial charge in [-0.25, -0.2) is 8.42 Å². The Balaban J connectivity index is 1.44. The Kier molecular flexibility index (Phi) is 9.07. The summed E-state index contributed by atoms with van der Waals surface area (Å²) in [6.07, 6.45) is 8.81. The van der Waals surface area contributed by atoms with Crippen LogP contribution in [0.25, 0.3) is 0 Å². The third-order valence-electron chi connectivity index (χ3n) is 6.39. The van der Waals surface area contributed by atoms with Crippen LogP contribution in [0, 0.1) is 12.3 Å². The van der Waals surface area contributed by atoms with E-state index in [-0.39, 0.29) is 54.8 Å². The summed E-state index contributed by atoms with van der Waals surface area (Å²) in [5.41, 5.74) is 1.72. The number of aliphatic hydroxyl groups is 1. The number of amides is 1. The Morgan fingerprint density at radius 2 is 1.87 bits per heavy atom. The predicted octanol–water partition coefficient (Wildman–Crippen LogP) is 2.37. The second-order valence-corrected chi connectivity index (χ2v) is 11.0. The van der Waals surface area contributed by atoms with E-state index in [0.717, 1.165) is 28.3 Å². The molecule has 202 valence electrons. The van der Waals surface area contributed by atoms with E-state index in [0.29, 0.717) is 12.2 Å². The fraction of sp³-hybridized carbons (Fsp3) is 0.393. The smallest absolute Gasteiger partial charge is 0.286 e. The molecule has 4 rings (SSSR count). The first kappa shape index (κ1) is 27.7. The van der Waals surface area contributed by atoms with Gasteiger partial charge in [-0.1, -0.05) is 18.1 Å². The van der Waals surface area contributed by atoms with E-state index in [4.69, 9.17) is 20.6 Å². The summed E-state index contributed by atoms with van der Waals surface area (Å²) in [6.45, 7) is -0.453. The molecule has 1 saturated carbocycles. The molecule has 0 bridgehead atoms. The lowest BCUT2D eigenvalue weighted by Crippen LogP contribution is -2.38. The van der Waals surface area contributed by atoms with Crippen molar-refractivity contribution < 1.29 is 32.5 Å². The van der Waals surface area contributed by atoms with Gasteiger partial charge in [-0.05, 0) is 60.9 Å². The zero-order valence-corrected chi connectivity index (χ0v) is 22.0. The van der Waals surface area contributed by atoms with Crippen molar-refractivity contribution in [1.29, 1.82) is 0 Å². The maximum absolute atomic E-state index is 13.2. The maximum Gasteiger partial charge on any atom is 0.286 e. The van der Waals surface area contributed by atoms with Gasteiger partial charge in [-0.3, -0.25) is 4.79 Å². The molecule has 0 spiro atoms. The van der Waals surface area contributed by atoms with Gasteiger partial charge in [0.05, 0.1) is 25.2 Å². The third-order valence-corrected chi connectivity index (χ3v) is 8.30. The highest BCUT2D eigenvalue weighted by Gasteiger charge is 2.32. The number of allylic oxidation sites excluding steroid dienone is 1. The van der Waals surface area contributed by atoms with Crippen LogP contribution in [-0.4, -0.2) is 69.5 Å². The van der Waals surface area contributed by atoms with Gasteiger partial charge in [0.15, 0.2) is 5.76 Å². The van der Waals surface area contributed by atoms with E-state index in [1.807, 2.05) is 24.3 Å². The van der Waals surface area contributed by atoms with Gasteiger partial charge < -0.3 is 24.6 Å². The summed E-state index contributed by atoms with van der Waals surface area (Å²) in [5.74, 6) is 2.86. The number of nitrogens with zero attached hydrogens (tertiary/aromatic N) is 1. The maximum atomic E-state index is 13.2. The van der Waals surface area contributed by atoms with Crippen LogP contribution in [0.5, 0.6) is 5.75 Å². The fourth-order valence-corrected chi connectivity index (χ4v) is 5.52. The van der Waals surface area contributed by atoms with E-state index in [1.165, 1.54) is 19.2 Å². The molecule has 38 heavy (non-hydrogen) atoms. The Labute approximate surface area is 223 Å². The monoisotopic (exact) mass is 540 g/mol. The minimum atomic E-state index is -3.88. The lowest BCUT2D eigenvalue weighted by Gasteiger charge is -2.30. The largest absolute Gasteiger partial charge is 0.497 e. The second-order valence-electron chi connectivity index (χ2n) is 9.11. The van der Waals surface area contributed by atoms with Crippen molar-refractivity contribution in [2.24, 2.45) is 0 Å². The van der Waals surface area contributed by atoms with E-state index in [1.54, 1.807) is 18.2 Å². The van der Waals surface area contributed by atoms with E-state index in [2.05, 4.69) is 11.2 Å². The number of hydrogen-bond donors (Lipinski definition) is 2. The topological polar surface area (TPSA) is 114 Å². The number of rotatable bonds is 12. The van der Waals surface area contributed by atoms with Crippen molar-refractivity contribution in [2.45, 2.75) is 42.4 Å². The van der Waals surface area contributed by atoms with Crippen LogP contribution in [-0.2, 0) is 24.3 Å². The summed E-state index contributed by atoms with van der Waals surface area (Å²) in [7, 11) is -2.38. The van der Waals surface area contributed by atoms with Crippen LogP contribution >= 0.6 is 0 Å². The predicted molar refractivity (Wildman–Crippen MR) is 141 cm³/mol. The van der Waals surface area contributed by atoms with Gasteiger partial charge in [-0.2, -0.15) is 4.31 Å². The lowest BCUT2D eigenvalue weighted by molar-refractivity contribution is -0.146. The van der Waals surface area contributed by atoms with Crippen LogP contribution in [0.1, 0.15) is 36.3 Å². The van der Waals surface area contributed by atoms with E-state index in [9.17, 15) is 18.3 Å². The highest BCUT2D eigenvalue weighted by atomic mass is 32.2. The molecular formula is C28H32N2O7S. The van der Waals surface area contributed by atoms with E-state index < -0.39 is 16.3 Å². The second kappa shape index (κ2) is 12.5. The molecule has 1 aliphatic heterocycles. The number of terminal acetylenes is 1. The number of ether oxygens (including phenoxy) is 3. The highest BCUT2D eigenvalue weighted by Crippen LogP contribution is 2.32. The van der Waals surface area contributed by atoms with Gasteiger partial charge in [0, 0.05) is 37.0 Å². The molecule has 1 amide bonds. The Bertz CT molecular complexity index is 1280. The molecule has 9 nitrogen and oxygen atoms in total. The van der Waals surface area contributed by atoms with Crippen molar-refractivity contribution in [3.05, 3.63) is 71.5 Å². The summed E-state index contributed by atoms with van der Waals surface area (Å²) in [5, 5.41) is 12.4. The minimum absolute atomic E-state index is 0.000324. The van der Waals surface area contributed by atoms with Gasteiger partial charge in [0.25, 0.3) is 5.91 Å². The number of carbonyl (C=O) groups excluding carboxylic acids is 1. The molecule has 2 aliphatic rings. The molecule has 1 fully saturated rings. The molecular weight excluding hydrogens is 508 g/mol. The molecule has 2 aromatic rings. The molecule has 1 aliphatic carbocycles. The van der Waals surface area contributed by atoms with Gasteiger partial charge in [0.2, 0.25) is 16.3 Å². The number of benzene rings is 2. The molecule has 2 N–H and O–H groups in total. The van der Waals surface area contributed by atoms with Crippen LogP contribution in [0.2, 0.25) is 0 Å². The first-order valence-corrected chi connectivity index (χ1v) is 13.9. The Morgan fingerprint density at radius 1 is 1.16 bits per heavy atom. The number of aliphatic hydroxyl groups excluding tert-OH is 1. The van der Waals surface area contributed by atoms with Gasteiger partial charge in [0.1, 0.15) is 5.75 Å². The van der Waals surface area contributed by atoms with Crippen molar-refractivity contribution in [3.63, 3.8) is 0 Å². The molecule has 2 atom stereocenters. The molecule has 0 unspecified atom stereocenters. The normalized spacial score (nSPS) is 19.3. The molecule has 10 heteroatoms. The standard InChI is InChI=1S/C28H32N2O7S/c1-3-20-4-6-21(7-5-20)22-18-26(28(32)29-23-8-9-23)37-27(19-22)36-17-15-30(14-16-31)38(33,34)25-12-10-24(35-2)11-13-25/h1,4-7,10-13,18,22-23,27,31H,8-9,14-17,19H2,2H3,(H,29,32)/t22-,27+/m0/s1. The molecule has 0 saturated heterocycles. The molecule has 0 aromatic heterocycles. The lowest BCUT2D eigenvalue weighted by atomic mass is 9.92. The highest BCUT2D eigenvalue weighted by molar-refractivity contribution is 7.89. The SMILES string of the molecule is C#Cc1ccc([C@H]2C=C(C(=O)NC3CC3)O[C@@H](OCCN(CCO)S(=O)(=O)c3ccc(OC)cc3)C2)cc1. The zero-order valence-electron chi connectivity index (χ0n) is 21.2. The summed E-state index contributed by atoms with van der Waals surface area (Å²) in [4.78, 5) is 12.8. The zero-order chi connectivity index (χ0) is 27.1. The number of carbonyl (C=O) groups is 1. The number of sulfonamides is 1. The van der Waals surface area contributed by atoms with Crippen molar-refractivity contribution in [1.82, 2.24) is 9.62 Å². The third kappa shape index (κ3) is 6.94.